The summed E-state index contributed by atoms with van der Waals surface area (Å²) in [5.74, 6) is 0. The van der Waals surface area contributed by atoms with Crippen LogP contribution in [0, 0.1) is 0 Å². The Balaban J connectivity index is 0.000000491. The quantitative estimate of drug-likeness (QED) is 0.777. The lowest BCUT2D eigenvalue weighted by Crippen LogP contribution is -2.42. The molecule has 4 nitrogen and oxygen atoms in total. The van der Waals surface area contributed by atoms with Gasteiger partial charge < -0.3 is 9.64 Å². The summed E-state index contributed by atoms with van der Waals surface area (Å²) < 4.78 is 18.5. The fourth-order valence-electron chi connectivity index (χ4n) is 2.17. The molecule has 0 aliphatic carbocycles. The van der Waals surface area contributed by atoms with Crippen LogP contribution in [0.5, 0.6) is 0 Å². The number of benzene rings is 1. The van der Waals surface area contributed by atoms with E-state index < -0.39 is 0 Å². The fraction of sp³-hybridized carbons (Fsp3) is 0.533. The van der Waals surface area contributed by atoms with Crippen LogP contribution >= 0.6 is 12.0 Å². The Bertz CT molecular complexity index is 403. The van der Waals surface area contributed by atoms with Crippen molar-refractivity contribution < 1.29 is 18.4 Å². The highest BCUT2D eigenvalue weighted by atomic mass is 32.2. The minimum absolute atomic E-state index is 0.180. The number of rotatable bonds is 3. The monoisotopic (exact) mass is 315 g/mol. The van der Waals surface area contributed by atoms with Gasteiger partial charge in [-0.25, -0.2) is 4.79 Å². The van der Waals surface area contributed by atoms with Crippen LogP contribution in [0.2, 0.25) is 0 Å². The van der Waals surface area contributed by atoms with Crippen LogP contribution in [0.1, 0.15) is 31.7 Å². The Kier molecular flexibility index (Phi) is 8.85. The number of nitrogens with zero attached hydrogens (tertiary/aromatic N) is 1. The molecule has 1 aliphatic rings. The van der Waals surface area contributed by atoms with Crippen LogP contribution in [0.15, 0.2) is 30.3 Å². The molecule has 1 aliphatic heterocycles. The number of ether oxygens (including phenoxy) is 1. The summed E-state index contributed by atoms with van der Waals surface area (Å²) in [5.41, 5.74) is 1.03. The largest absolute Gasteiger partial charge is 0.445 e. The molecule has 21 heavy (non-hydrogen) atoms. The van der Waals surface area contributed by atoms with E-state index in [1.165, 1.54) is 12.7 Å². The van der Waals surface area contributed by atoms with Crippen molar-refractivity contribution in [1.29, 1.82) is 0 Å². The van der Waals surface area contributed by atoms with Gasteiger partial charge in [-0.2, -0.15) is 0 Å². The molecule has 0 saturated carbocycles. The van der Waals surface area contributed by atoms with Crippen molar-refractivity contribution in [2.24, 2.45) is 0 Å². The molecule has 1 saturated heterocycles. The summed E-state index contributed by atoms with van der Waals surface area (Å²) in [4.78, 5) is 13.7. The third kappa shape index (κ3) is 6.82. The van der Waals surface area contributed by atoms with E-state index >= 15 is 0 Å². The lowest BCUT2D eigenvalue weighted by atomic mass is 10.0. The van der Waals surface area contributed by atoms with Gasteiger partial charge in [-0.3, -0.25) is 0 Å². The first-order chi connectivity index (χ1) is 10.2. The van der Waals surface area contributed by atoms with Crippen LogP contribution in [0.4, 0.5) is 9.32 Å². The van der Waals surface area contributed by atoms with Gasteiger partial charge in [0, 0.05) is 30.9 Å². The molecule has 0 bridgehead atoms. The average Bonchev–Trinajstić information content (AvgIpc) is 2.54. The van der Waals surface area contributed by atoms with Crippen molar-refractivity contribution >= 4 is 18.1 Å². The van der Waals surface area contributed by atoms with Gasteiger partial charge in [0.1, 0.15) is 6.61 Å². The van der Waals surface area contributed by atoms with E-state index in [9.17, 15) is 9.32 Å². The Morgan fingerprint density at radius 2 is 2.05 bits per heavy atom. The normalized spacial score (nSPS) is 17.7. The molecule has 0 N–H and O–H groups in total. The Morgan fingerprint density at radius 1 is 1.38 bits per heavy atom. The highest BCUT2D eigenvalue weighted by Gasteiger charge is 2.24. The van der Waals surface area contributed by atoms with E-state index in [4.69, 9.17) is 4.74 Å². The SMILES string of the molecule is CSOF.C[C@@H]1CCCCN1C(=O)OCc1ccccc1. The maximum absolute atomic E-state index is 11.9. The van der Waals surface area contributed by atoms with Gasteiger partial charge in [0.15, 0.2) is 0 Å². The zero-order valence-electron chi connectivity index (χ0n) is 12.5. The number of halogens is 1. The van der Waals surface area contributed by atoms with E-state index in [1.807, 2.05) is 35.2 Å². The van der Waals surface area contributed by atoms with Gasteiger partial charge in [-0.1, -0.05) is 30.3 Å². The van der Waals surface area contributed by atoms with Crippen molar-refractivity contribution in [3.63, 3.8) is 0 Å². The lowest BCUT2D eigenvalue weighted by molar-refractivity contribution is 0.0239. The van der Waals surface area contributed by atoms with Crippen LogP contribution in [-0.4, -0.2) is 29.8 Å². The summed E-state index contributed by atoms with van der Waals surface area (Å²) in [6.07, 6.45) is 4.70. The van der Waals surface area contributed by atoms with Gasteiger partial charge in [0.05, 0.1) is 0 Å². The number of carbonyl (C=O) groups excluding carboxylic acids is 1. The molecule has 1 aromatic carbocycles. The summed E-state index contributed by atoms with van der Waals surface area (Å²) in [7, 11) is 0. The first-order valence-corrected chi connectivity index (χ1v) is 8.12. The molecule has 1 atom stereocenters. The van der Waals surface area contributed by atoms with E-state index in [-0.39, 0.29) is 6.09 Å². The molecule has 1 aromatic rings. The summed E-state index contributed by atoms with van der Waals surface area (Å²) >= 11 is 0.690. The van der Waals surface area contributed by atoms with Crippen molar-refractivity contribution in [3.05, 3.63) is 35.9 Å². The highest BCUT2D eigenvalue weighted by Crippen LogP contribution is 2.17. The molecule has 1 heterocycles. The van der Waals surface area contributed by atoms with Crippen molar-refractivity contribution in [2.75, 3.05) is 12.8 Å². The second-order valence-corrected chi connectivity index (χ2v) is 5.27. The molecule has 0 aromatic heterocycles. The zero-order chi connectivity index (χ0) is 15.5. The molecule has 6 heteroatoms. The third-order valence-electron chi connectivity index (χ3n) is 3.31. The van der Waals surface area contributed by atoms with E-state index in [0.717, 1.165) is 24.9 Å². The fourth-order valence-corrected chi connectivity index (χ4v) is 2.17. The number of hydrogen-bond donors (Lipinski definition) is 0. The average molecular weight is 315 g/mol. The minimum Gasteiger partial charge on any atom is -0.445 e. The van der Waals surface area contributed by atoms with E-state index in [1.54, 1.807) is 0 Å². The molecular weight excluding hydrogens is 293 g/mol. The smallest absolute Gasteiger partial charge is 0.410 e. The van der Waals surface area contributed by atoms with Gasteiger partial charge in [-0.15, -0.1) is 4.39 Å². The molecule has 0 spiro atoms. The van der Waals surface area contributed by atoms with E-state index in [2.05, 4.69) is 11.3 Å². The highest BCUT2D eigenvalue weighted by molar-refractivity contribution is 7.93. The molecule has 0 radical (unpaired) electrons. The maximum Gasteiger partial charge on any atom is 0.410 e. The Morgan fingerprint density at radius 3 is 2.62 bits per heavy atom. The molecule has 0 unspecified atom stereocenters. The van der Waals surface area contributed by atoms with Crippen LogP contribution in [0.25, 0.3) is 0 Å². The predicted octanol–water partition coefficient (Wildman–Crippen LogP) is 4.36. The van der Waals surface area contributed by atoms with Gasteiger partial charge in [0.2, 0.25) is 0 Å². The second-order valence-electron chi connectivity index (χ2n) is 4.81. The Hall–Kier alpha value is -1.27. The maximum atomic E-state index is 11.9. The van der Waals surface area contributed by atoms with Crippen LogP contribution < -0.4 is 0 Å². The summed E-state index contributed by atoms with van der Waals surface area (Å²) in [6, 6.07) is 10.1. The zero-order valence-corrected chi connectivity index (χ0v) is 13.3. The molecular formula is C15H22FNO3S. The second kappa shape index (κ2) is 10.5. The lowest BCUT2D eigenvalue weighted by Gasteiger charge is -2.32. The first kappa shape index (κ1) is 17.8. The third-order valence-corrected chi connectivity index (χ3v) is 3.43. The van der Waals surface area contributed by atoms with Gasteiger partial charge in [0.25, 0.3) is 0 Å². The van der Waals surface area contributed by atoms with E-state index in [0.29, 0.717) is 24.7 Å². The number of carbonyl (C=O) groups is 1. The molecule has 2 rings (SSSR count). The van der Waals surface area contributed by atoms with Gasteiger partial charge >= 0.3 is 6.09 Å². The first-order valence-electron chi connectivity index (χ1n) is 6.97. The molecule has 118 valence electrons. The number of likely N-dealkylation sites (tertiary alicyclic amines) is 1. The molecule has 1 fully saturated rings. The predicted molar refractivity (Wildman–Crippen MR) is 82.4 cm³/mol. The number of piperidine rings is 1. The van der Waals surface area contributed by atoms with Crippen molar-refractivity contribution in [1.82, 2.24) is 4.90 Å². The summed E-state index contributed by atoms with van der Waals surface area (Å²) in [5, 5.41) is 0. The topological polar surface area (TPSA) is 38.8 Å². The minimum atomic E-state index is -0.180. The van der Waals surface area contributed by atoms with Crippen molar-refractivity contribution in [3.8, 4) is 0 Å². The van der Waals surface area contributed by atoms with Crippen molar-refractivity contribution in [2.45, 2.75) is 38.8 Å². The Labute approximate surface area is 129 Å². The number of amides is 1. The van der Waals surface area contributed by atoms with Crippen LogP contribution in [-0.2, 0) is 15.7 Å². The number of hydrogen-bond acceptors (Lipinski definition) is 4. The summed E-state index contributed by atoms with van der Waals surface area (Å²) in [6.45, 7) is 3.28. The van der Waals surface area contributed by atoms with Gasteiger partial charge in [-0.05, 0) is 36.3 Å². The van der Waals surface area contributed by atoms with Crippen LogP contribution in [0.3, 0.4) is 0 Å². The standard InChI is InChI=1S/C14H19NO2.CH3FOS/c1-12-7-5-6-10-15(12)14(16)17-11-13-8-3-2-4-9-13;1-4-3-2/h2-4,8-9,12H,5-7,10-11H2,1H3;1H3/t12-;/m1./s1. The molecule has 1 amide bonds.